The molecule has 0 aliphatic carbocycles. The van der Waals surface area contributed by atoms with Gasteiger partial charge >= 0.3 is 0 Å². The van der Waals surface area contributed by atoms with E-state index in [-0.39, 0.29) is 11.1 Å². The molecule has 1 heterocycles. The SMILES string of the molecule is C[C@H](N)C(=O)N(C(=O)Cc1cc(F)cc(F)c1)[C@@H]1C(=O)Nc2ccccc2S[C@@H]1c1cc(F)cc(F)c1. The first kappa shape index (κ1) is 26.4. The van der Waals surface area contributed by atoms with Gasteiger partial charge < -0.3 is 11.1 Å². The van der Waals surface area contributed by atoms with E-state index in [9.17, 15) is 31.9 Å². The molecule has 1 aliphatic heterocycles. The number of thioether (sulfide) groups is 1. The van der Waals surface area contributed by atoms with Gasteiger partial charge in [-0.1, -0.05) is 12.1 Å². The molecule has 1 aliphatic rings. The number of imide groups is 1. The fourth-order valence-corrected chi connectivity index (χ4v) is 5.39. The van der Waals surface area contributed by atoms with Crippen LogP contribution in [0, 0.1) is 23.3 Å². The van der Waals surface area contributed by atoms with Gasteiger partial charge in [-0.3, -0.25) is 19.3 Å². The van der Waals surface area contributed by atoms with E-state index < -0.39 is 64.7 Å². The minimum atomic E-state index is -1.61. The molecule has 0 spiro atoms. The van der Waals surface area contributed by atoms with Gasteiger partial charge in [0.1, 0.15) is 29.3 Å². The molecule has 0 radical (unpaired) electrons. The molecule has 3 N–H and O–H groups in total. The Labute approximate surface area is 213 Å². The number of rotatable bonds is 5. The molecule has 4 rings (SSSR count). The quantitative estimate of drug-likeness (QED) is 0.478. The van der Waals surface area contributed by atoms with Gasteiger partial charge in [0.25, 0.3) is 0 Å². The van der Waals surface area contributed by atoms with Crippen LogP contribution in [0.15, 0.2) is 65.6 Å². The summed E-state index contributed by atoms with van der Waals surface area (Å²) < 4.78 is 56.0. The fraction of sp³-hybridized carbons (Fsp3) is 0.192. The van der Waals surface area contributed by atoms with Crippen LogP contribution in [0.4, 0.5) is 23.2 Å². The number of benzene rings is 3. The lowest BCUT2D eigenvalue weighted by Gasteiger charge is -2.34. The van der Waals surface area contributed by atoms with Crippen molar-refractivity contribution < 1.29 is 31.9 Å². The van der Waals surface area contributed by atoms with E-state index in [4.69, 9.17) is 5.73 Å². The molecule has 0 unspecified atom stereocenters. The van der Waals surface area contributed by atoms with Crippen molar-refractivity contribution in [1.82, 2.24) is 4.90 Å². The topological polar surface area (TPSA) is 92.5 Å². The summed E-state index contributed by atoms with van der Waals surface area (Å²) in [5.41, 5.74) is 6.10. The number of carbonyl (C=O) groups is 3. The molecule has 3 amide bonds. The predicted octanol–water partition coefficient (Wildman–Crippen LogP) is 4.34. The summed E-state index contributed by atoms with van der Waals surface area (Å²) in [6.07, 6.45) is -0.640. The lowest BCUT2D eigenvalue weighted by molar-refractivity contribution is -0.151. The lowest BCUT2D eigenvalue weighted by atomic mass is 10.00. The molecule has 0 bridgehead atoms. The molecular weight excluding hydrogens is 510 g/mol. The van der Waals surface area contributed by atoms with Crippen molar-refractivity contribution in [2.75, 3.05) is 5.32 Å². The highest BCUT2D eigenvalue weighted by atomic mass is 32.2. The van der Waals surface area contributed by atoms with Crippen LogP contribution >= 0.6 is 11.8 Å². The largest absolute Gasteiger partial charge is 0.323 e. The fourth-order valence-electron chi connectivity index (χ4n) is 4.07. The Morgan fingerprint density at radius 3 is 2.14 bits per heavy atom. The van der Waals surface area contributed by atoms with Gasteiger partial charge in [-0.15, -0.1) is 11.8 Å². The molecule has 3 aromatic carbocycles. The molecule has 0 saturated carbocycles. The molecule has 0 saturated heterocycles. The Morgan fingerprint density at radius 1 is 0.973 bits per heavy atom. The maximum absolute atomic E-state index is 14.2. The van der Waals surface area contributed by atoms with Crippen LogP contribution in [0.3, 0.4) is 0 Å². The zero-order valence-electron chi connectivity index (χ0n) is 19.4. The Bertz CT molecular complexity index is 1340. The number of anilines is 1. The number of nitrogens with one attached hydrogen (secondary N) is 1. The summed E-state index contributed by atoms with van der Waals surface area (Å²) in [5, 5.41) is 1.51. The highest BCUT2D eigenvalue weighted by Crippen LogP contribution is 2.45. The van der Waals surface area contributed by atoms with E-state index in [0.29, 0.717) is 27.6 Å². The number of nitrogens with zero attached hydrogens (tertiary/aromatic N) is 1. The Hall–Kier alpha value is -3.70. The predicted molar refractivity (Wildman–Crippen MR) is 129 cm³/mol. The zero-order valence-corrected chi connectivity index (χ0v) is 20.2. The summed E-state index contributed by atoms with van der Waals surface area (Å²) in [4.78, 5) is 41.4. The van der Waals surface area contributed by atoms with Crippen LogP contribution in [0.5, 0.6) is 0 Å². The van der Waals surface area contributed by atoms with Crippen molar-refractivity contribution in [3.63, 3.8) is 0 Å². The van der Waals surface area contributed by atoms with Crippen molar-refractivity contribution in [3.05, 3.63) is 95.1 Å². The molecule has 6 nitrogen and oxygen atoms in total. The third kappa shape index (κ3) is 5.83. The van der Waals surface area contributed by atoms with Crippen molar-refractivity contribution in [2.24, 2.45) is 5.73 Å². The lowest BCUT2D eigenvalue weighted by Crippen LogP contribution is -2.56. The second-order valence-corrected chi connectivity index (χ2v) is 9.70. The van der Waals surface area contributed by atoms with Crippen LogP contribution < -0.4 is 11.1 Å². The molecule has 0 fully saturated rings. The number of para-hydroxylation sites is 1. The van der Waals surface area contributed by atoms with Gasteiger partial charge in [0.2, 0.25) is 17.7 Å². The van der Waals surface area contributed by atoms with E-state index in [2.05, 4.69) is 5.32 Å². The Morgan fingerprint density at radius 2 is 1.54 bits per heavy atom. The standard InChI is InChI=1S/C26H21F4N3O3S/c1-13(31)26(36)33(22(34)8-14-6-16(27)11-17(28)7-14)23-24(15-9-18(29)12-19(30)10-15)37-21-5-3-2-4-20(21)32-25(23)35/h2-7,9-13,23-24H,8,31H2,1H3,(H,32,35)/t13-,23-,24+/m0/s1. The first-order valence-electron chi connectivity index (χ1n) is 11.1. The molecule has 3 atom stereocenters. The van der Waals surface area contributed by atoms with E-state index in [1.54, 1.807) is 24.3 Å². The summed E-state index contributed by atoms with van der Waals surface area (Å²) in [6.45, 7) is 1.30. The number of fused-ring (bicyclic) bond motifs is 1. The van der Waals surface area contributed by atoms with Gasteiger partial charge in [-0.05, 0) is 54.4 Å². The van der Waals surface area contributed by atoms with E-state index >= 15 is 0 Å². The molecule has 192 valence electrons. The second-order valence-electron chi connectivity index (χ2n) is 8.52. The average Bonchev–Trinajstić information content (AvgIpc) is 2.94. The van der Waals surface area contributed by atoms with Crippen LogP contribution in [0.1, 0.15) is 23.3 Å². The number of halogens is 4. The van der Waals surface area contributed by atoms with Crippen LogP contribution in [0.2, 0.25) is 0 Å². The third-order valence-corrected chi connectivity index (χ3v) is 7.01. The maximum Gasteiger partial charge on any atom is 0.249 e. The summed E-state index contributed by atoms with van der Waals surface area (Å²) in [5.74, 6) is -6.42. The summed E-state index contributed by atoms with van der Waals surface area (Å²) >= 11 is 1.02. The van der Waals surface area contributed by atoms with Gasteiger partial charge in [-0.25, -0.2) is 17.6 Å². The number of hydrogen-bond acceptors (Lipinski definition) is 5. The highest BCUT2D eigenvalue weighted by molar-refractivity contribution is 7.99. The van der Waals surface area contributed by atoms with Gasteiger partial charge in [0, 0.05) is 17.0 Å². The Balaban J connectivity index is 1.85. The smallest absolute Gasteiger partial charge is 0.249 e. The molecule has 37 heavy (non-hydrogen) atoms. The summed E-state index contributed by atoms with van der Waals surface area (Å²) in [7, 11) is 0. The van der Waals surface area contributed by atoms with Crippen molar-refractivity contribution in [2.45, 2.75) is 35.6 Å². The number of hydrogen-bond donors (Lipinski definition) is 2. The van der Waals surface area contributed by atoms with Crippen LogP contribution in [0.25, 0.3) is 0 Å². The number of carbonyl (C=O) groups excluding carboxylic acids is 3. The first-order chi connectivity index (χ1) is 17.5. The van der Waals surface area contributed by atoms with Crippen LogP contribution in [-0.4, -0.2) is 34.7 Å². The normalized spacial score (nSPS) is 17.8. The molecule has 0 aromatic heterocycles. The number of nitrogens with two attached hydrogens (primary N) is 1. The molecule has 11 heteroatoms. The van der Waals surface area contributed by atoms with E-state index in [1.165, 1.54) is 6.92 Å². The van der Waals surface area contributed by atoms with Gasteiger partial charge in [0.05, 0.1) is 23.4 Å². The van der Waals surface area contributed by atoms with Crippen LogP contribution in [-0.2, 0) is 20.8 Å². The Kier molecular flexibility index (Phi) is 7.65. The zero-order chi connectivity index (χ0) is 26.9. The van der Waals surface area contributed by atoms with Crippen molar-refractivity contribution >= 4 is 35.2 Å². The third-order valence-electron chi connectivity index (χ3n) is 5.62. The van der Waals surface area contributed by atoms with Crippen molar-refractivity contribution in [1.29, 1.82) is 0 Å². The highest BCUT2D eigenvalue weighted by Gasteiger charge is 2.44. The average molecular weight is 532 g/mol. The number of amides is 3. The van der Waals surface area contributed by atoms with E-state index in [1.807, 2.05) is 0 Å². The maximum atomic E-state index is 14.2. The molecule has 3 aromatic rings. The van der Waals surface area contributed by atoms with Gasteiger partial charge in [0.15, 0.2) is 0 Å². The van der Waals surface area contributed by atoms with E-state index in [0.717, 1.165) is 36.0 Å². The first-order valence-corrected chi connectivity index (χ1v) is 12.0. The minimum absolute atomic E-state index is 0.00595. The molecular formula is C26H21F4N3O3S. The monoisotopic (exact) mass is 531 g/mol. The summed E-state index contributed by atoms with van der Waals surface area (Å²) in [6, 6.07) is 8.90. The second kappa shape index (κ2) is 10.7. The minimum Gasteiger partial charge on any atom is -0.323 e. The van der Waals surface area contributed by atoms with Crippen molar-refractivity contribution in [3.8, 4) is 0 Å². The van der Waals surface area contributed by atoms with Gasteiger partial charge in [-0.2, -0.15) is 0 Å².